The van der Waals surface area contributed by atoms with E-state index in [0.717, 1.165) is 13.0 Å². The molecule has 2 heterocycles. The van der Waals surface area contributed by atoms with Gasteiger partial charge in [0, 0.05) is 12.6 Å². The number of nitrogens with zero attached hydrogens (tertiary/aromatic N) is 2. The van der Waals surface area contributed by atoms with Crippen LogP contribution in [0, 0.1) is 0 Å². The van der Waals surface area contributed by atoms with E-state index in [9.17, 15) is 9.59 Å². The highest BCUT2D eigenvalue weighted by Crippen LogP contribution is 2.40. The monoisotopic (exact) mass is 474 g/mol. The third kappa shape index (κ3) is 4.10. The van der Waals surface area contributed by atoms with Crippen LogP contribution in [0.4, 0.5) is 0 Å². The molecular formula is C24H24Cl2N2O4. The van der Waals surface area contributed by atoms with Crippen molar-refractivity contribution < 1.29 is 13.9 Å². The summed E-state index contributed by atoms with van der Waals surface area (Å²) in [5.74, 6) is 0.338. The second-order valence-electron chi connectivity index (χ2n) is 8.00. The lowest BCUT2D eigenvalue weighted by Crippen LogP contribution is -2.32. The molecule has 1 aromatic heterocycles. The van der Waals surface area contributed by atoms with Gasteiger partial charge in [0.2, 0.25) is 5.76 Å². The molecule has 0 saturated carbocycles. The molecule has 3 aromatic rings. The highest BCUT2D eigenvalue weighted by molar-refractivity contribution is 6.42. The van der Waals surface area contributed by atoms with Crippen LogP contribution in [-0.4, -0.2) is 49.5 Å². The van der Waals surface area contributed by atoms with Crippen molar-refractivity contribution in [3.8, 4) is 5.75 Å². The van der Waals surface area contributed by atoms with Crippen molar-refractivity contribution in [2.24, 2.45) is 0 Å². The molecule has 32 heavy (non-hydrogen) atoms. The highest BCUT2D eigenvalue weighted by Gasteiger charge is 2.42. The van der Waals surface area contributed by atoms with Crippen LogP contribution in [0.1, 0.15) is 41.1 Å². The third-order valence-electron chi connectivity index (χ3n) is 5.51. The van der Waals surface area contributed by atoms with Crippen LogP contribution in [0.5, 0.6) is 5.75 Å². The summed E-state index contributed by atoms with van der Waals surface area (Å²) in [4.78, 5) is 30.7. The number of amides is 1. The first-order valence-corrected chi connectivity index (χ1v) is 11.2. The molecule has 1 aliphatic rings. The average molecular weight is 475 g/mol. The topological polar surface area (TPSA) is 63.0 Å². The van der Waals surface area contributed by atoms with E-state index < -0.39 is 6.04 Å². The molecule has 0 bridgehead atoms. The molecule has 1 aliphatic heterocycles. The number of hydrogen-bond donors (Lipinski definition) is 0. The Morgan fingerprint density at radius 1 is 1.09 bits per heavy atom. The van der Waals surface area contributed by atoms with Crippen LogP contribution in [-0.2, 0) is 0 Å². The van der Waals surface area contributed by atoms with Crippen molar-refractivity contribution in [2.45, 2.75) is 19.4 Å². The summed E-state index contributed by atoms with van der Waals surface area (Å²) in [6.45, 7) is 3.63. The first kappa shape index (κ1) is 22.6. The number of rotatable bonds is 7. The molecule has 6 nitrogen and oxygen atoms in total. The highest BCUT2D eigenvalue weighted by atomic mass is 35.5. The number of halogens is 2. The van der Waals surface area contributed by atoms with Crippen molar-refractivity contribution in [1.29, 1.82) is 0 Å². The molecule has 1 amide bonds. The fourth-order valence-corrected chi connectivity index (χ4v) is 4.38. The lowest BCUT2D eigenvalue weighted by molar-refractivity contribution is 0.0722. The van der Waals surface area contributed by atoms with Gasteiger partial charge in [-0.25, -0.2) is 0 Å². The first-order valence-electron chi connectivity index (χ1n) is 10.5. The van der Waals surface area contributed by atoms with Crippen LogP contribution in [0.3, 0.4) is 0 Å². The van der Waals surface area contributed by atoms with Crippen LogP contribution in [0.2, 0.25) is 10.0 Å². The second-order valence-corrected chi connectivity index (χ2v) is 8.81. The van der Waals surface area contributed by atoms with E-state index in [2.05, 4.69) is 4.90 Å². The summed E-state index contributed by atoms with van der Waals surface area (Å²) in [6.07, 6.45) is 0.743. The lowest BCUT2D eigenvalue weighted by Gasteiger charge is -2.26. The van der Waals surface area contributed by atoms with Crippen molar-refractivity contribution in [3.05, 3.63) is 73.6 Å². The zero-order valence-electron chi connectivity index (χ0n) is 18.2. The molecular weight excluding hydrogens is 451 g/mol. The lowest BCUT2D eigenvalue weighted by atomic mass is 9.98. The van der Waals surface area contributed by atoms with Gasteiger partial charge in [-0.3, -0.25) is 9.59 Å². The van der Waals surface area contributed by atoms with Gasteiger partial charge < -0.3 is 19.0 Å². The third-order valence-corrected chi connectivity index (χ3v) is 6.25. The Balaban J connectivity index is 1.87. The van der Waals surface area contributed by atoms with Gasteiger partial charge in [-0.15, -0.1) is 0 Å². The Morgan fingerprint density at radius 3 is 2.56 bits per heavy atom. The molecule has 0 aliphatic carbocycles. The van der Waals surface area contributed by atoms with E-state index in [1.165, 1.54) is 0 Å². The van der Waals surface area contributed by atoms with Crippen molar-refractivity contribution in [3.63, 3.8) is 0 Å². The van der Waals surface area contributed by atoms with Crippen LogP contribution < -0.4 is 10.2 Å². The van der Waals surface area contributed by atoms with Crippen LogP contribution in [0.15, 0.2) is 45.6 Å². The molecule has 0 fully saturated rings. The minimum absolute atomic E-state index is 0.0667. The van der Waals surface area contributed by atoms with Gasteiger partial charge in [-0.2, -0.15) is 0 Å². The quantitative estimate of drug-likeness (QED) is 0.482. The maximum Gasteiger partial charge on any atom is 0.290 e. The maximum atomic E-state index is 13.6. The standard InChI is InChI=1S/C24H24Cl2N2O4/c1-4-31-15-7-8-16-19(13-15)32-23-20(22(16)29)21(14-6-9-17(25)18(26)12-14)28(24(23)30)11-5-10-27(2)3/h6-9,12-13,21H,4-5,10-11H2,1-3H3. The molecule has 1 unspecified atom stereocenters. The number of hydrogen-bond acceptors (Lipinski definition) is 5. The maximum absolute atomic E-state index is 13.6. The van der Waals surface area contributed by atoms with E-state index in [1.54, 1.807) is 41.3 Å². The zero-order chi connectivity index (χ0) is 23.0. The van der Waals surface area contributed by atoms with Gasteiger partial charge in [0.15, 0.2) is 5.43 Å². The largest absolute Gasteiger partial charge is 0.494 e. The normalized spacial score (nSPS) is 15.6. The summed E-state index contributed by atoms with van der Waals surface area (Å²) in [7, 11) is 3.95. The number of ether oxygens (including phenoxy) is 1. The molecule has 2 aromatic carbocycles. The fourth-order valence-electron chi connectivity index (χ4n) is 4.07. The van der Waals surface area contributed by atoms with Crippen molar-refractivity contribution in [1.82, 2.24) is 9.80 Å². The van der Waals surface area contributed by atoms with Gasteiger partial charge in [-0.1, -0.05) is 29.3 Å². The predicted molar refractivity (Wildman–Crippen MR) is 126 cm³/mol. The first-order chi connectivity index (χ1) is 15.3. The molecule has 168 valence electrons. The predicted octanol–water partition coefficient (Wildman–Crippen LogP) is 5.00. The summed E-state index contributed by atoms with van der Waals surface area (Å²) < 4.78 is 11.5. The number of carbonyl (C=O) groups excluding carboxylic acids is 1. The van der Waals surface area contributed by atoms with E-state index >= 15 is 0 Å². The number of carbonyl (C=O) groups is 1. The molecule has 0 spiro atoms. The molecule has 1 atom stereocenters. The summed E-state index contributed by atoms with van der Waals surface area (Å²) in [5.41, 5.74) is 1.14. The van der Waals surface area contributed by atoms with E-state index in [0.29, 0.717) is 51.0 Å². The smallest absolute Gasteiger partial charge is 0.290 e. The fraction of sp³-hybridized carbons (Fsp3) is 0.333. The second kappa shape index (κ2) is 9.14. The van der Waals surface area contributed by atoms with E-state index in [4.69, 9.17) is 32.4 Å². The van der Waals surface area contributed by atoms with Crippen LogP contribution in [0.25, 0.3) is 11.0 Å². The minimum Gasteiger partial charge on any atom is -0.494 e. The number of benzene rings is 2. The molecule has 0 radical (unpaired) electrons. The summed E-state index contributed by atoms with van der Waals surface area (Å²) in [5, 5.41) is 1.18. The van der Waals surface area contributed by atoms with Gasteiger partial charge >= 0.3 is 0 Å². The van der Waals surface area contributed by atoms with Crippen LogP contribution >= 0.6 is 23.2 Å². The molecule has 0 N–H and O–H groups in total. The zero-order valence-corrected chi connectivity index (χ0v) is 19.7. The van der Waals surface area contributed by atoms with Gasteiger partial charge in [0.1, 0.15) is 11.3 Å². The van der Waals surface area contributed by atoms with Gasteiger partial charge in [-0.05, 0) is 63.8 Å². The Kier molecular flexibility index (Phi) is 6.47. The minimum atomic E-state index is -0.596. The van der Waals surface area contributed by atoms with E-state index in [1.807, 2.05) is 21.0 Å². The Bertz CT molecular complexity index is 1240. The molecule has 8 heteroatoms. The van der Waals surface area contributed by atoms with Gasteiger partial charge in [0.05, 0.1) is 33.6 Å². The molecule has 0 saturated heterocycles. The Hall–Kier alpha value is -2.54. The average Bonchev–Trinajstić information content (AvgIpc) is 3.02. The molecule has 4 rings (SSSR count). The van der Waals surface area contributed by atoms with Gasteiger partial charge in [0.25, 0.3) is 5.91 Å². The van der Waals surface area contributed by atoms with E-state index in [-0.39, 0.29) is 17.1 Å². The Morgan fingerprint density at radius 2 is 1.88 bits per heavy atom. The van der Waals surface area contributed by atoms with Crippen molar-refractivity contribution >= 4 is 40.1 Å². The summed E-state index contributed by atoms with van der Waals surface area (Å²) >= 11 is 12.4. The number of fused-ring (bicyclic) bond motifs is 2. The SMILES string of the molecule is CCOc1ccc2c(=O)c3c(oc2c1)C(=O)N(CCCN(C)C)C3c1ccc(Cl)c(Cl)c1. The Labute approximate surface area is 196 Å². The summed E-state index contributed by atoms with van der Waals surface area (Å²) in [6, 6.07) is 9.64. The van der Waals surface area contributed by atoms with Crippen molar-refractivity contribution in [2.75, 3.05) is 33.8 Å².